The van der Waals surface area contributed by atoms with Crippen molar-refractivity contribution in [1.29, 1.82) is 5.26 Å². The van der Waals surface area contributed by atoms with Gasteiger partial charge in [0.15, 0.2) is 17.5 Å². The molecule has 46 heavy (non-hydrogen) atoms. The highest BCUT2D eigenvalue weighted by atomic mass is 19.1. The number of likely N-dealkylation sites (tertiary alicyclic amines) is 2. The number of nitrogens with one attached hydrogen (secondary N) is 1. The number of nitrogens with zero attached hydrogens (tertiary/aromatic N) is 8. The van der Waals surface area contributed by atoms with E-state index in [4.69, 9.17) is 15.0 Å². The van der Waals surface area contributed by atoms with Gasteiger partial charge in [-0.15, -0.1) is 0 Å². The Morgan fingerprint density at radius 1 is 1.11 bits per heavy atom. The van der Waals surface area contributed by atoms with Crippen molar-refractivity contribution >= 4 is 17.2 Å². The van der Waals surface area contributed by atoms with E-state index in [0.29, 0.717) is 48.4 Å². The maximum absolute atomic E-state index is 16.2. The molecule has 4 aromatic rings. The van der Waals surface area contributed by atoms with Gasteiger partial charge in [0.05, 0.1) is 23.3 Å². The number of anilines is 1. The molecule has 0 radical (unpaired) electrons. The zero-order chi connectivity index (χ0) is 32.0. The summed E-state index contributed by atoms with van der Waals surface area (Å²) < 4.78 is 24.0. The van der Waals surface area contributed by atoms with E-state index < -0.39 is 5.82 Å². The fourth-order valence-corrected chi connectivity index (χ4v) is 6.32. The molecule has 1 N–H and O–H groups in total. The molecular formula is C34H40FN9O2. The molecule has 1 aromatic carbocycles. The third-order valence-electron chi connectivity index (χ3n) is 8.96. The molecule has 0 bridgehead atoms. The van der Waals surface area contributed by atoms with Crippen LogP contribution in [-0.4, -0.2) is 106 Å². The molecule has 2 fully saturated rings. The maximum atomic E-state index is 16.2. The normalized spacial score (nSPS) is 17.7. The van der Waals surface area contributed by atoms with Gasteiger partial charge in [-0.25, -0.2) is 18.9 Å². The fourth-order valence-electron chi connectivity index (χ4n) is 6.32. The smallest absolute Gasteiger partial charge is 0.236 e. The van der Waals surface area contributed by atoms with Crippen LogP contribution in [-0.2, 0) is 4.79 Å². The quantitative estimate of drug-likeness (QED) is 0.275. The average Bonchev–Trinajstić information content (AvgIpc) is 3.51. The molecule has 6 rings (SSSR count). The van der Waals surface area contributed by atoms with Gasteiger partial charge in [0.25, 0.3) is 0 Å². The SMILES string of the molecule is CN(C)C1CCN(CCOc2ccc(-c3nc(-c4cnn5ccccc45)nc(N[C@@H]4CCCN(C(=O)CC#N)C4)c3F)cc2)CC1. The lowest BCUT2D eigenvalue weighted by atomic mass is 10.0. The number of pyridine rings is 1. The van der Waals surface area contributed by atoms with Crippen LogP contribution < -0.4 is 10.1 Å². The number of hydrogen-bond acceptors (Lipinski definition) is 9. The van der Waals surface area contributed by atoms with Crippen molar-refractivity contribution in [1.82, 2.24) is 34.3 Å². The summed E-state index contributed by atoms with van der Waals surface area (Å²) in [5.74, 6) is 0.323. The lowest BCUT2D eigenvalue weighted by Crippen LogP contribution is -2.45. The molecule has 2 aliphatic rings. The van der Waals surface area contributed by atoms with Crippen molar-refractivity contribution in [3.8, 4) is 34.5 Å². The molecule has 240 valence electrons. The summed E-state index contributed by atoms with van der Waals surface area (Å²) in [5.41, 5.74) is 2.22. The molecular weight excluding hydrogens is 585 g/mol. The van der Waals surface area contributed by atoms with Gasteiger partial charge in [0.1, 0.15) is 24.5 Å². The second-order valence-corrected chi connectivity index (χ2v) is 12.2. The number of carbonyl (C=O) groups excluding carboxylic acids is 1. The Kier molecular flexibility index (Phi) is 9.71. The van der Waals surface area contributed by atoms with E-state index in [-0.39, 0.29) is 29.9 Å². The Morgan fingerprint density at radius 2 is 1.91 bits per heavy atom. The number of piperidine rings is 2. The number of carbonyl (C=O) groups is 1. The number of rotatable bonds is 10. The van der Waals surface area contributed by atoms with E-state index in [1.54, 1.807) is 15.6 Å². The van der Waals surface area contributed by atoms with Gasteiger partial charge in [-0.2, -0.15) is 10.4 Å². The van der Waals surface area contributed by atoms with Crippen LogP contribution in [0.25, 0.3) is 28.2 Å². The first-order valence-electron chi connectivity index (χ1n) is 15.9. The summed E-state index contributed by atoms with van der Waals surface area (Å²) in [6, 6.07) is 15.4. The van der Waals surface area contributed by atoms with Gasteiger partial charge in [0, 0.05) is 43.5 Å². The standard InChI is InChI=1S/C34H40FN9O2/c1-41(2)26-13-18-42(19-14-26)20-21-46-27-10-8-24(9-11-27)32-31(35)34(38-25-6-5-16-43(23-25)30(45)12-15-36)40-33(39-32)28-22-37-44-17-4-3-7-29(28)44/h3-4,7-11,17,22,25-26H,5-6,12-14,16,18-21,23H2,1-2H3,(H,38,39,40)/t25-/m1/s1. The van der Waals surface area contributed by atoms with E-state index >= 15 is 4.39 Å². The van der Waals surface area contributed by atoms with E-state index in [1.807, 2.05) is 54.7 Å². The first kappa shape index (κ1) is 31.4. The number of aromatic nitrogens is 4. The van der Waals surface area contributed by atoms with Gasteiger partial charge in [0.2, 0.25) is 5.91 Å². The molecule has 5 heterocycles. The molecule has 2 aliphatic heterocycles. The Balaban J connectivity index is 1.22. The van der Waals surface area contributed by atoms with Crippen molar-refractivity contribution in [2.45, 2.75) is 44.2 Å². The third kappa shape index (κ3) is 7.11. The summed E-state index contributed by atoms with van der Waals surface area (Å²) in [6.45, 7) is 4.52. The topological polar surface area (TPSA) is 115 Å². The first-order chi connectivity index (χ1) is 22.4. The van der Waals surface area contributed by atoms with Gasteiger partial charge < -0.3 is 19.9 Å². The Hall–Kier alpha value is -4.60. The number of benzene rings is 1. The van der Waals surface area contributed by atoms with Crippen LogP contribution in [0.3, 0.4) is 0 Å². The minimum atomic E-state index is -0.574. The van der Waals surface area contributed by atoms with Crippen LogP contribution in [0.15, 0.2) is 54.9 Å². The zero-order valence-corrected chi connectivity index (χ0v) is 26.4. The summed E-state index contributed by atoms with van der Waals surface area (Å²) >= 11 is 0. The number of ether oxygens (including phenoxy) is 1. The molecule has 1 atom stereocenters. The average molecular weight is 626 g/mol. The predicted octanol–water partition coefficient (Wildman–Crippen LogP) is 4.32. The van der Waals surface area contributed by atoms with Gasteiger partial charge >= 0.3 is 0 Å². The van der Waals surface area contributed by atoms with Crippen molar-refractivity contribution in [3.05, 3.63) is 60.7 Å². The van der Waals surface area contributed by atoms with Crippen LogP contribution in [0.2, 0.25) is 0 Å². The first-order valence-corrected chi connectivity index (χ1v) is 15.9. The molecule has 3 aromatic heterocycles. The summed E-state index contributed by atoms with van der Waals surface area (Å²) in [6.07, 6.45) is 7.15. The Morgan fingerprint density at radius 3 is 2.67 bits per heavy atom. The van der Waals surface area contributed by atoms with E-state index in [2.05, 4.69) is 39.3 Å². The monoisotopic (exact) mass is 625 g/mol. The van der Waals surface area contributed by atoms with Crippen molar-refractivity contribution < 1.29 is 13.9 Å². The molecule has 0 saturated carbocycles. The van der Waals surface area contributed by atoms with E-state index in [1.165, 1.54) is 12.8 Å². The Bertz CT molecular complexity index is 1690. The van der Waals surface area contributed by atoms with Crippen LogP contribution in [0.1, 0.15) is 32.1 Å². The lowest BCUT2D eigenvalue weighted by Gasteiger charge is -2.35. The molecule has 12 heteroatoms. The van der Waals surface area contributed by atoms with E-state index in [0.717, 1.165) is 38.0 Å². The maximum Gasteiger partial charge on any atom is 0.236 e. The van der Waals surface area contributed by atoms with Gasteiger partial charge in [-0.1, -0.05) is 6.07 Å². The second-order valence-electron chi connectivity index (χ2n) is 12.2. The van der Waals surface area contributed by atoms with Crippen LogP contribution >= 0.6 is 0 Å². The number of fused-ring (bicyclic) bond motifs is 1. The van der Waals surface area contributed by atoms with Crippen molar-refractivity contribution in [2.75, 3.05) is 58.7 Å². The molecule has 0 aliphatic carbocycles. The highest BCUT2D eigenvalue weighted by molar-refractivity contribution is 5.79. The van der Waals surface area contributed by atoms with Crippen molar-refractivity contribution in [3.63, 3.8) is 0 Å². The van der Waals surface area contributed by atoms with Crippen LogP contribution in [0.5, 0.6) is 5.75 Å². The molecule has 0 unspecified atom stereocenters. The number of nitriles is 1. The molecule has 1 amide bonds. The lowest BCUT2D eigenvalue weighted by molar-refractivity contribution is -0.131. The molecule has 0 spiro atoms. The van der Waals surface area contributed by atoms with Gasteiger partial charge in [-0.05, 0) is 89.3 Å². The predicted molar refractivity (Wildman–Crippen MR) is 174 cm³/mol. The Labute approximate surface area is 268 Å². The minimum Gasteiger partial charge on any atom is -0.492 e. The van der Waals surface area contributed by atoms with Crippen molar-refractivity contribution in [2.24, 2.45) is 0 Å². The molecule has 11 nitrogen and oxygen atoms in total. The zero-order valence-electron chi connectivity index (χ0n) is 26.4. The van der Waals surface area contributed by atoms with E-state index in [9.17, 15) is 4.79 Å². The largest absolute Gasteiger partial charge is 0.492 e. The third-order valence-corrected chi connectivity index (χ3v) is 8.96. The molecule has 2 saturated heterocycles. The van der Waals surface area contributed by atoms with Crippen LogP contribution in [0, 0.1) is 17.1 Å². The summed E-state index contributed by atoms with van der Waals surface area (Å²) in [5, 5.41) is 16.7. The number of amides is 1. The number of hydrogen-bond donors (Lipinski definition) is 1. The summed E-state index contributed by atoms with van der Waals surface area (Å²) in [4.78, 5) is 28.1. The van der Waals surface area contributed by atoms with Gasteiger partial charge in [-0.3, -0.25) is 9.69 Å². The highest BCUT2D eigenvalue weighted by Crippen LogP contribution is 2.32. The highest BCUT2D eigenvalue weighted by Gasteiger charge is 2.27. The number of halogens is 1. The second kappa shape index (κ2) is 14.2. The van der Waals surface area contributed by atoms with Crippen LogP contribution in [0.4, 0.5) is 10.2 Å². The fraction of sp³-hybridized carbons (Fsp3) is 0.441. The summed E-state index contributed by atoms with van der Waals surface area (Å²) in [7, 11) is 4.29. The minimum absolute atomic E-state index is 0.0632.